The van der Waals surface area contributed by atoms with Crippen LogP contribution in [0.5, 0.6) is 0 Å². The molecule has 126 valence electrons. The lowest BCUT2D eigenvalue weighted by atomic mass is 9.91. The van der Waals surface area contributed by atoms with Crippen molar-refractivity contribution in [3.05, 3.63) is 35.4 Å². The minimum Gasteiger partial charge on any atom is -0.392 e. The van der Waals surface area contributed by atoms with Crippen molar-refractivity contribution in [1.82, 2.24) is 10.2 Å². The number of benzene rings is 1. The molecule has 2 fully saturated rings. The van der Waals surface area contributed by atoms with E-state index in [0.717, 1.165) is 24.0 Å². The van der Waals surface area contributed by atoms with E-state index in [-0.39, 0.29) is 11.9 Å². The van der Waals surface area contributed by atoms with E-state index in [0.29, 0.717) is 12.1 Å². The number of nitrogens with one attached hydrogen (secondary N) is 1. The number of nitrogens with zero attached hydrogens (tertiary/aromatic N) is 1. The van der Waals surface area contributed by atoms with Crippen LogP contribution in [0.4, 0.5) is 0 Å². The number of aliphatic hydroxyl groups excluding tert-OH is 1. The van der Waals surface area contributed by atoms with Crippen LogP contribution < -0.4 is 5.32 Å². The maximum absolute atomic E-state index is 12.8. The van der Waals surface area contributed by atoms with Gasteiger partial charge in [-0.05, 0) is 52.1 Å². The van der Waals surface area contributed by atoms with Gasteiger partial charge in [-0.15, -0.1) is 0 Å². The Hall–Kier alpha value is -1.39. The number of hydrogen-bond acceptors (Lipinski definition) is 3. The minimum atomic E-state index is -0.694. The van der Waals surface area contributed by atoms with Gasteiger partial charge in [-0.3, -0.25) is 4.79 Å². The molecule has 2 aliphatic heterocycles. The molecule has 2 N–H and O–H groups in total. The largest absolute Gasteiger partial charge is 0.392 e. The van der Waals surface area contributed by atoms with Crippen LogP contribution in [0, 0.1) is 6.92 Å². The Kier molecular flexibility index (Phi) is 4.74. The van der Waals surface area contributed by atoms with Crippen LogP contribution >= 0.6 is 0 Å². The Balaban J connectivity index is 1.69. The average Bonchev–Trinajstić information content (AvgIpc) is 2.72. The van der Waals surface area contributed by atoms with Gasteiger partial charge in [0.2, 0.25) is 5.91 Å². The SMILES string of the molecule is Cc1ccc(C(C(=O)NC2CC3CCC(C2)N3C)[C@@H](C)O)cc1. The lowest BCUT2D eigenvalue weighted by Gasteiger charge is -2.37. The van der Waals surface area contributed by atoms with E-state index in [1.54, 1.807) is 6.92 Å². The highest BCUT2D eigenvalue weighted by Gasteiger charge is 2.39. The molecule has 0 aliphatic carbocycles. The second-order valence-corrected chi connectivity index (χ2v) is 7.36. The topological polar surface area (TPSA) is 52.6 Å². The fourth-order valence-electron chi connectivity index (χ4n) is 4.24. The van der Waals surface area contributed by atoms with Gasteiger partial charge in [0.15, 0.2) is 0 Å². The summed E-state index contributed by atoms with van der Waals surface area (Å²) < 4.78 is 0. The molecule has 1 aromatic carbocycles. The predicted octanol–water partition coefficient (Wildman–Crippen LogP) is 2.20. The summed E-state index contributed by atoms with van der Waals surface area (Å²) in [7, 11) is 2.20. The molecule has 0 aromatic heterocycles. The van der Waals surface area contributed by atoms with Gasteiger partial charge in [0.1, 0.15) is 0 Å². The Morgan fingerprint density at radius 1 is 1.22 bits per heavy atom. The van der Waals surface area contributed by atoms with Gasteiger partial charge in [0.25, 0.3) is 0 Å². The van der Waals surface area contributed by atoms with Gasteiger partial charge < -0.3 is 15.3 Å². The molecule has 23 heavy (non-hydrogen) atoms. The number of fused-ring (bicyclic) bond motifs is 2. The number of hydrogen-bond donors (Lipinski definition) is 2. The van der Waals surface area contributed by atoms with Crippen LogP contribution in [0.3, 0.4) is 0 Å². The van der Waals surface area contributed by atoms with E-state index < -0.39 is 12.0 Å². The summed E-state index contributed by atoms with van der Waals surface area (Å²) in [6.45, 7) is 3.72. The van der Waals surface area contributed by atoms with E-state index in [9.17, 15) is 9.90 Å². The molecule has 0 spiro atoms. The standard InChI is InChI=1S/C19H28N2O2/c1-12-4-6-14(7-5-12)18(13(2)22)19(23)20-15-10-16-8-9-17(11-15)21(16)3/h4-7,13,15-18,22H,8-11H2,1-3H3,(H,20,23)/t13-,15?,16?,17?,18?/m1/s1. The smallest absolute Gasteiger partial charge is 0.230 e. The monoisotopic (exact) mass is 316 g/mol. The first kappa shape index (κ1) is 16.5. The molecule has 4 atom stereocenters. The second kappa shape index (κ2) is 6.62. The highest BCUT2D eigenvalue weighted by molar-refractivity contribution is 5.84. The highest BCUT2D eigenvalue weighted by Crippen LogP contribution is 2.34. The normalized spacial score (nSPS) is 30.0. The number of carbonyl (C=O) groups is 1. The molecule has 0 radical (unpaired) electrons. The van der Waals surface area contributed by atoms with Crippen LogP contribution in [-0.2, 0) is 4.79 Å². The third-order valence-corrected chi connectivity index (χ3v) is 5.65. The van der Waals surface area contributed by atoms with Crippen molar-refractivity contribution in [1.29, 1.82) is 0 Å². The fraction of sp³-hybridized carbons (Fsp3) is 0.632. The van der Waals surface area contributed by atoms with Crippen molar-refractivity contribution >= 4 is 5.91 Å². The molecule has 3 rings (SSSR count). The third kappa shape index (κ3) is 3.43. The van der Waals surface area contributed by atoms with Crippen LogP contribution in [0.15, 0.2) is 24.3 Å². The van der Waals surface area contributed by atoms with Gasteiger partial charge in [-0.1, -0.05) is 29.8 Å². The van der Waals surface area contributed by atoms with Gasteiger partial charge in [-0.25, -0.2) is 0 Å². The number of amides is 1. The molecular weight excluding hydrogens is 288 g/mol. The number of piperidine rings is 1. The van der Waals surface area contributed by atoms with Crippen molar-refractivity contribution in [3.8, 4) is 0 Å². The zero-order chi connectivity index (χ0) is 16.6. The number of carbonyl (C=O) groups excluding carboxylic acids is 1. The Bertz CT molecular complexity index is 541. The van der Waals surface area contributed by atoms with Crippen LogP contribution in [0.25, 0.3) is 0 Å². The van der Waals surface area contributed by atoms with E-state index in [1.165, 1.54) is 12.8 Å². The van der Waals surface area contributed by atoms with Gasteiger partial charge in [-0.2, -0.15) is 0 Å². The summed E-state index contributed by atoms with van der Waals surface area (Å²) in [6, 6.07) is 9.33. The number of rotatable bonds is 4. The first-order chi connectivity index (χ1) is 11.0. The molecule has 4 heteroatoms. The van der Waals surface area contributed by atoms with Crippen molar-refractivity contribution in [2.45, 2.75) is 69.7 Å². The van der Waals surface area contributed by atoms with Crippen LogP contribution in [-0.4, -0.2) is 47.2 Å². The molecule has 2 heterocycles. The summed E-state index contributed by atoms with van der Waals surface area (Å²) in [5.74, 6) is -0.536. The molecule has 2 bridgehead atoms. The quantitative estimate of drug-likeness (QED) is 0.895. The van der Waals surface area contributed by atoms with E-state index in [1.807, 2.05) is 31.2 Å². The first-order valence-corrected chi connectivity index (χ1v) is 8.72. The Morgan fingerprint density at radius 3 is 2.30 bits per heavy atom. The zero-order valence-electron chi connectivity index (χ0n) is 14.3. The molecule has 2 aliphatic rings. The Morgan fingerprint density at radius 2 is 1.78 bits per heavy atom. The average molecular weight is 316 g/mol. The van der Waals surface area contributed by atoms with Crippen molar-refractivity contribution < 1.29 is 9.90 Å². The van der Waals surface area contributed by atoms with Crippen LogP contribution in [0.1, 0.15) is 49.7 Å². The predicted molar refractivity (Wildman–Crippen MR) is 91.3 cm³/mol. The van der Waals surface area contributed by atoms with Gasteiger partial charge >= 0.3 is 0 Å². The maximum atomic E-state index is 12.8. The van der Waals surface area contributed by atoms with Crippen molar-refractivity contribution in [2.75, 3.05) is 7.05 Å². The number of aliphatic hydroxyl groups is 1. The van der Waals surface area contributed by atoms with E-state index in [4.69, 9.17) is 0 Å². The molecule has 4 nitrogen and oxygen atoms in total. The zero-order valence-corrected chi connectivity index (χ0v) is 14.3. The summed E-state index contributed by atoms with van der Waals surface area (Å²) in [5.41, 5.74) is 2.05. The summed E-state index contributed by atoms with van der Waals surface area (Å²) >= 11 is 0. The van der Waals surface area contributed by atoms with Gasteiger partial charge in [0, 0.05) is 18.1 Å². The summed E-state index contributed by atoms with van der Waals surface area (Å²) in [6.07, 6.45) is 3.84. The molecule has 2 saturated heterocycles. The lowest BCUT2D eigenvalue weighted by Crippen LogP contribution is -2.50. The van der Waals surface area contributed by atoms with Crippen molar-refractivity contribution in [3.63, 3.8) is 0 Å². The van der Waals surface area contributed by atoms with E-state index in [2.05, 4.69) is 17.3 Å². The molecule has 1 aromatic rings. The third-order valence-electron chi connectivity index (χ3n) is 5.65. The molecule has 3 unspecified atom stereocenters. The molecule has 0 saturated carbocycles. The molecule has 1 amide bonds. The lowest BCUT2D eigenvalue weighted by molar-refractivity contribution is -0.126. The van der Waals surface area contributed by atoms with Gasteiger partial charge in [0.05, 0.1) is 12.0 Å². The highest BCUT2D eigenvalue weighted by atomic mass is 16.3. The number of aryl methyl sites for hydroxylation is 1. The second-order valence-electron chi connectivity index (χ2n) is 7.36. The Labute approximate surface area is 138 Å². The van der Waals surface area contributed by atoms with Crippen LogP contribution in [0.2, 0.25) is 0 Å². The van der Waals surface area contributed by atoms with Crippen molar-refractivity contribution in [2.24, 2.45) is 0 Å². The first-order valence-electron chi connectivity index (χ1n) is 8.72. The fourth-order valence-corrected chi connectivity index (χ4v) is 4.24. The molecular formula is C19H28N2O2. The summed E-state index contributed by atoms with van der Waals surface area (Å²) in [4.78, 5) is 15.2. The minimum absolute atomic E-state index is 0.0437. The summed E-state index contributed by atoms with van der Waals surface area (Å²) in [5, 5.41) is 13.3. The maximum Gasteiger partial charge on any atom is 0.230 e. The van der Waals surface area contributed by atoms with E-state index >= 15 is 0 Å².